The molecule has 0 aromatic carbocycles. The van der Waals surface area contributed by atoms with E-state index < -0.39 is 0 Å². The zero-order chi connectivity index (χ0) is 10.0. The highest BCUT2D eigenvalue weighted by molar-refractivity contribution is 6.30. The van der Waals surface area contributed by atoms with E-state index in [1.807, 2.05) is 20.8 Å². The molecule has 1 aromatic rings. The lowest BCUT2D eigenvalue weighted by Gasteiger charge is -2.08. The van der Waals surface area contributed by atoms with Gasteiger partial charge in [-0.15, -0.1) is 0 Å². The van der Waals surface area contributed by atoms with Gasteiger partial charge in [-0.3, -0.25) is 0 Å². The average Bonchev–Trinajstić information content (AvgIpc) is 2.07. The van der Waals surface area contributed by atoms with Crippen LogP contribution in [-0.2, 0) is 6.42 Å². The van der Waals surface area contributed by atoms with Crippen molar-refractivity contribution in [1.82, 2.24) is 4.98 Å². The number of aryl methyl sites for hydroxylation is 1. The molecule has 13 heavy (non-hydrogen) atoms. The molecule has 1 nitrogen and oxygen atoms in total. The summed E-state index contributed by atoms with van der Waals surface area (Å²) in [5.41, 5.74) is 1.21. The van der Waals surface area contributed by atoms with Crippen molar-refractivity contribution in [3.63, 3.8) is 0 Å². The topological polar surface area (TPSA) is 12.9 Å². The van der Waals surface area contributed by atoms with Crippen LogP contribution in [0.5, 0.6) is 0 Å². The van der Waals surface area contributed by atoms with E-state index in [2.05, 4.69) is 4.98 Å². The van der Waals surface area contributed by atoms with Gasteiger partial charge in [0, 0.05) is 0 Å². The maximum Gasteiger partial charge on any atom is 0.145 e. The summed E-state index contributed by atoms with van der Waals surface area (Å²) < 4.78 is 13.3. The van der Waals surface area contributed by atoms with E-state index in [-0.39, 0.29) is 11.7 Å². The predicted octanol–water partition coefficient (Wildman–Crippen LogP) is 3.56. The molecule has 0 radical (unpaired) electrons. The zero-order valence-corrected chi connectivity index (χ0v) is 8.82. The molecule has 0 aliphatic carbocycles. The molecule has 0 unspecified atom stereocenters. The number of halogens is 2. The predicted molar refractivity (Wildman–Crippen MR) is 52.7 cm³/mol. The first-order valence-electron chi connectivity index (χ1n) is 4.41. The number of rotatable bonds is 2. The molecule has 0 amide bonds. The molecule has 0 fully saturated rings. The Morgan fingerprint density at radius 2 is 2.15 bits per heavy atom. The third kappa shape index (κ3) is 2.19. The molecule has 0 N–H and O–H groups in total. The molecule has 3 heteroatoms. The van der Waals surface area contributed by atoms with Gasteiger partial charge in [0.15, 0.2) is 0 Å². The van der Waals surface area contributed by atoms with Crippen molar-refractivity contribution in [2.24, 2.45) is 0 Å². The number of aromatic nitrogens is 1. The highest BCUT2D eigenvalue weighted by Gasteiger charge is 2.11. The van der Waals surface area contributed by atoms with Crippen LogP contribution in [0.25, 0.3) is 0 Å². The molecule has 1 aromatic heterocycles. The average molecular weight is 202 g/mol. The first kappa shape index (κ1) is 10.5. The van der Waals surface area contributed by atoms with Crippen molar-refractivity contribution in [2.75, 3.05) is 0 Å². The molecule has 0 atom stereocenters. The lowest BCUT2D eigenvalue weighted by Crippen LogP contribution is -2.00. The lowest BCUT2D eigenvalue weighted by molar-refractivity contribution is 0.582. The Hall–Kier alpha value is -0.630. The fourth-order valence-corrected chi connectivity index (χ4v) is 1.45. The van der Waals surface area contributed by atoms with Gasteiger partial charge in [0.1, 0.15) is 11.0 Å². The zero-order valence-electron chi connectivity index (χ0n) is 8.06. The fraction of sp³-hybridized carbons (Fsp3) is 0.500. The Bertz CT molecular complexity index is 310. The molecular weight excluding hydrogens is 189 g/mol. The number of pyridine rings is 1. The third-order valence-corrected chi connectivity index (χ3v) is 2.28. The van der Waals surface area contributed by atoms with Gasteiger partial charge < -0.3 is 0 Å². The van der Waals surface area contributed by atoms with Gasteiger partial charge in [-0.25, -0.2) is 9.37 Å². The normalized spacial score (nSPS) is 10.9. The van der Waals surface area contributed by atoms with E-state index in [9.17, 15) is 4.39 Å². The van der Waals surface area contributed by atoms with Gasteiger partial charge in [0.05, 0.1) is 5.69 Å². The highest BCUT2D eigenvalue weighted by atomic mass is 35.5. The van der Waals surface area contributed by atoms with E-state index in [0.717, 1.165) is 5.56 Å². The summed E-state index contributed by atoms with van der Waals surface area (Å²) in [4.78, 5) is 4.03. The molecule has 0 bridgehead atoms. The Kier molecular flexibility index (Phi) is 3.26. The van der Waals surface area contributed by atoms with Gasteiger partial charge in [0.2, 0.25) is 0 Å². The second-order valence-corrected chi connectivity index (χ2v) is 3.67. The van der Waals surface area contributed by atoms with Gasteiger partial charge in [-0.2, -0.15) is 0 Å². The van der Waals surface area contributed by atoms with Crippen LogP contribution in [0.4, 0.5) is 4.39 Å². The summed E-state index contributed by atoms with van der Waals surface area (Å²) in [6.45, 7) is 5.72. The van der Waals surface area contributed by atoms with Crippen molar-refractivity contribution in [3.05, 3.63) is 28.3 Å². The smallest absolute Gasteiger partial charge is 0.145 e. The van der Waals surface area contributed by atoms with Crippen LogP contribution in [0.15, 0.2) is 6.07 Å². The number of nitrogens with zero attached hydrogens (tertiary/aromatic N) is 1. The first-order chi connectivity index (χ1) is 6.06. The monoisotopic (exact) mass is 201 g/mol. The minimum atomic E-state index is -0.253. The molecule has 0 spiro atoms. The molecule has 0 saturated heterocycles. The number of hydrogen-bond donors (Lipinski definition) is 0. The first-order valence-corrected chi connectivity index (χ1v) is 4.78. The summed E-state index contributed by atoms with van der Waals surface area (Å²) in [6, 6.07) is 1.48. The summed E-state index contributed by atoms with van der Waals surface area (Å²) in [7, 11) is 0. The van der Waals surface area contributed by atoms with E-state index in [4.69, 9.17) is 11.6 Å². The van der Waals surface area contributed by atoms with Gasteiger partial charge in [0.25, 0.3) is 0 Å². The lowest BCUT2D eigenvalue weighted by atomic mass is 10.1. The molecule has 0 aliphatic rings. The van der Waals surface area contributed by atoms with Crippen molar-refractivity contribution < 1.29 is 4.39 Å². The fourth-order valence-electron chi connectivity index (χ4n) is 1.17. The van der Waals surface area contributed by atoms with Gasteiger partial charge in [-0.05, 0) is 24.0 Å². The largest absolute Gasteiger partial charge is 0.238 e. The Morgan fingerprint density at radius 3 is 2.62 bits per heavy atom. The van der Waals surface area contributed by atoms with E-state index in [1.54, 1.807) is 0 Å². The van der Waals surface area contributed by atoms with Crippen molar-refractivity contribution in [3.8, 4) is 0 Å². The van der Waals surface area contributed by atoms with Crippen LogP contribution in [0, 0.1) is 5.82 Å². The van der Waals surface area contributed by atoms with E-state index >= 15 is 0 Å². The van der Waals surface area contributed by atoms with Crippen LogP contribution in [0.1, 0.15) is 37.9 Å². The molecular formula is C10H13ClFN. The Balaban J connectivity index is 3.20. The van der Waals surface area contributed by atoms with Crippen molar-refractivity contribution in [1.29, 1.82) is 0 Å². The molecule has 0 aliphatic heterocycles. The van der Waals surface area contributed by atoms with E-state index in [0.29, 0.717) is 17.3 Å². The number of hydrogen-bond acceptors (Lipinski definition) is 1. The second kappa shape index (κ2) is 4.05. The van der Waals surface area contributed by atoms with Crippen LogP contribution >= 0.6 is 11.6 Å². The Morgan fingerprint density at radius 1 is 1.54 bits per heavy atom. The van der Waals surface area contributed by atoms with Crippen LogP contribution in [-0.4, -0.2) is 4.98 Å². The Labute approximate surface area is 82.9 Å². The van der Waals surface area contributed by atoms with Crippen molar-refractivity contribution in [2.45, 2.75) is 33.1 Å². The summed E-state index contributed by atoms with van der Waals surface area (Å²) in [5, 5.41) is 0.424. The summed E-state index contributed by atoms with van der Waals surface area (Å²) >= 11 is 5.87. The summed E-state index contributed by atoms with van der Waals surface area (Å²) in [6.07, 6.45) is 0.709. The molecule has 72 valence electrons. The van der Waals surface area contributed by atoms with Crippen LogP contribution in [0.3, 0.4) is 0 Å². The van der Waals surface area contributed by atoms with Crippen LogP contribution in [0.2, 0.25) is 5.15 Å². The summed E-state index contributed by atoms with van der Waals surface area (Å²) in [5.74, 6) is -0.181. The minimum Gasteiger partial charge on any atom is -0.238 e. The minimum absolute atomic E-state index is 0.0726. The second-order valence-electron chi connectivity index (χ2n) is 3.31. The quantitative estimate of drug-likeness (QED) is 0.667. The van der Waals surface area contributed by atoms with Crippen LogP contribution < -0.4 is 0 Å². The maximum atomic E-state index is 13.3. The maximum absolute atomic E-state index is 13.3. The molecule has 1 heterocycles. The van der Waals surface area contributed by atoms with Gasteiger partial charge >= 0.3 is 0 Å². The molecule has 0 saturated carbocycles. The van der Waals surface area contributed by atoms with E-state index in [1.165, 1.54) is 6.07 Å². The standard InChI is InChI=1S/C10H13ClFN/c1-4-7-5-8(12)9(6(2)3)13-10(7)11/h5-6H,4H2,1-3H3. The molecule has 1 rings (SSSR count). The SMILES string of the molecule is CCc1cc(F)c(C(C)C)nc1Cl. The third-order valence-electron chi connectivity index (χ3n) is 1.96. The van der Waals surface area contributed by atoms with Gasteiger partial charge in [-0.1, -0.05) is 32.4 Å². The highest BCUT2D eigenvalue weighted by Crippen LogP contribution is 2.22. The van der Waals surface area contributed by atoms with Crippen molar-refractivity contribution >= 4 is 11.6 Å².